The molecule has 37 heavy (non-hydrogen) atoms. The Labute approximate surface area is 214 Å². The second-order valence-electron chi connectivity index (χ2n) is 8.89. The van der Waals surface area contributed by atoms with Crippen LogP contribution in [0.1, 0.15) is 60.4 Å². The summed E-state index contributed by atoms with van der Waals surface area (Å²) in [5.74, 6) is -0.207. The number of carbonyl (C=O) groups excluding carboxylic acids is 1. The van der Waals surface area contributed by atoms with E-state index in [0.717, 1.165) is 31.4 Å². The molecule has 10 heteroatoms. The van der Waals surface area contributed by atoms with Gasteiger partial charge in [-0.25, -0.2) is 4.98 Å². The second-order valence-corrected chi connectivity index (χ2v) is 8.89. The fourth-order valence-corrected chi connectivity index (χ4v) is 4.29. The number of nitrogens with zero attached hydrogens (tertiary/aromatic N) is 3. The third-order valence-electron chi connectivity index (χ3n) is 6.30. The van der Waals surface area contributed by atoms with Crippen molar-refractivity contribution in [2.45, 2.75) is 51.4 Å². The van der Waals surface area contributed by atoms with E-state index in [1.54, 1.807) is 31.2 Å². The number of aromatic nitrogens is 2. The normalized spacial score (nSPS) is 12.6. The highest BCUT2D eigenvalue weighted by atomic mass is 19.4. The van der Waals surface area contributed by atoms with Gasteiger partial charge < -0.3 is 15.4 Å². The lowest BCUT2D eigenvalue weighted by molar-refractivity contribution is -0.137. The number of fused-ring (bicyclic) bond motifs is 1. The van der Waals surface area contributed by atoms with Crippen LogP contribution in [0.3, 0.4) is 0 Å². The molecule has 0 saturated heterocycles. The van der Waals surface area contributed by atoms with Crippen LogP contribution in [0, 0.1) is 0 Å². The summed E-state index contributed by atoms with van der Waals surface area (Å²) in [5.41, 5.74) is 4.83. The van der Waals surface area contributed by atoms with Gasteiger partial charge in [0.25, 0.3) is 11.5 Å². The number of hydrogen-bond acceptors (Lipinski definition) is 5. The molecule has 0 bridgehead atoms. The predicted octanol–water partition coefficient (Wildman–Crippen LogP) is 4.78. The number of nitrogens with two attached hydrogens (primary N) is 1. The fourth-order valence-electron chi connectivity index (χ4n) is 4.29. The number of methoxy groups -OCH3 is 1. The number of carbonyl (C=O) groups is 1. The molecule has 1 atom stereocenters. The molecule has 7 nitrogen and oxygen atoms in total. The number of halogens is 3. The van der Waals surface area contributed by atoms with E-state index in [1.807, 2.05) is 0 Å². The molecule has 3 rings (SSSR count). The number of ether oxygens (including phenoxy) is 1. The molecule has 1 amide bonds. The summed E-state index contributed by atoms with van der Waals surface area (Å²) in [6, 6.07) is 10.6. The van der Waals surface area contributed by atoms with Gasteiger partial charge in [-0.05, 0) is 56.6 Å². The summed E-state index contributed by atoms with van der Waals surface area (Å²) >= 11 is 0. The molecule has 2 N–H and O–H groups in total. The third-order valence-corrected chi connectivity index (χ3v) is 6.30. The Balaban J connectivity index is 2.05. The largest absolute Gasteiger partial charge is 0.416 e. The van der Waals surface area contributed by atoms with Gasteiger partial charge in [0.15, 0.2) is 0 Å². The van der Waals surface area contributed by atoms with Gasteiger partial charge in [0.2, 0.25) is 0 Å². The monoisotopic (exact) mass is 518 g/mol. The number of amides is 1. The zero-order chi connectivity index (χ0) is 27.0. The van der Waals surface area contributed by atoms with Crippen molar-refractivity contribution in [2.24, 2.45) is 5.73 Å². The first-order valence-electron chi connectivity index (χ1n) is 12.4. The highest BCUT2D eigenvalue weighted by Gasteiger charge is 2.32. The van der Waals surface area contributed by atoms with Crippen molar-refractivity contribution < 1.29 is 22.7 Å². The molecule has 0 spiro atoms. The number of benzene rings is 2. The highest BCUT2D eigenvalue weighted by Crippen LogP contribution is 2.31. The van der Waals surface area contributed by atoms with Crippen LogP contribution in [-0.2, 0) is 17.5 Å². The van der Waals surface area contributed by atoms with Crippen molar-refractivity contribution in [2.75, 3.05) is 26.8 Å². The molecule has 0 aliphatic rings. The van der Waals surface area contributed by atoms with Gasteiger partial charge in [-0.1, -0.05) is 31.0 Å². The molecule has 0 radical (unpaired) electrons. The average molecular weight is 519 g/mol. The molecule has 200 valence electrons. The molecule has 1 aromatic heterocycles. The van der Waals surface area contributed by atoms with E-state index in [2.05, 4.69) is 0 Å². The van der Waals surface area contributed by atoms with Gasteiger partial charge in [-0.2, -0.15) is 13.2 Å². The van der Waals surface area contributed by atoms with Gasteiger partial charge in [0.1, 0.15) is 5.82 Å². The molecule has 2 aromatic carbocycles. The highest BCUT2D eigenvalue weighted by molar-refractivity contribution is 5.94. The topological polar surface area (TPSA) is 90.4 Å². The number of rotatable bonds is 12. The first-order chi connectivity index (χ1) is 17.7. The maximum Gasteiger partial charge on any atom is 0.416 e. The van der Waals surface area contributed by atoms with Crippen molar-refractivity contribution in [3.8, 4) is 0 Å². The Morgan fingerprint density at radius 2 is 1.84 bits per heavy atom. The zero-order valence-electron chi connectivity index (χ0n) is 21.1. The van der Waals surface area contributed by atoms with Crippen LogP contribution < -0.4 is 11.3 Å². The summed E-state index contributed by atoms with van der Waals surface area (Å²) in [5, 5.41) is 0.437. The van der Waals surface area contributed by atoms with Crippen molar-refractivity contribution in [3.05, 3.63) is 75.8 Å². The quantitative estimate of drug-likeness (QED) is 0.349. The van der Waals surface area contributed by atoms with E-state index in [4.69, 9.17) is 15.5 Å². The van der Waals surface area contributed by atoms with Crippen LogP contribution in [0.2, 0.25) is 0 Å². The van der Waals surface area contributed by atoms with Gasteiger partial charge >= 0.3 is 6.18 Å². The van der Waals surface area contributed by atoms with Gasteiger partial charge in [-0.15, -0.1) is 0 Å². The van der Waals surface area contributed by atoms with E-state index in [1.165, 1.54) is 28.7 Å². The molecule has 3 aromatic rings. The zero-order valence-corrected chi connectivity index (χ0v) is 21.1. The Morgan fingerprint density at radius 3 is 2.54 bits per heavy atom. The number of unbranched alkanes of at least 4 members (excludes halogenated alkanes) is 3. The van der Waals surface area contributed by atoms with E-state index in [-0.39, 0.29) is 30.8 Å². The van der Waals surface area contributed by atoms with Gasteiger partial charge in [-0.3, -0.25) is 14.2 Å². The summed E-state index contributed by atoms with van der Waals surface area (Å²) in [7, 11) is 1.52. The van der Waals surface area contributed by atoms with Crippen molar-refractivity contribution in [1.29, 1.82) is 0 Å². The van der Waals surface area contributed by atoms with Gasteiger partial charge in [0, 0.05) is 19.2 Å². The van der Waals surface area contributed by atoms with Crippen molar-refractivity contribution in [3.63, 3.8) is 0 Å². The van der Waals surface area contributed by atoms with Crippen molar-refractivity contribution in [1.82, 2.24) is 14.5 Å². The minimum atomic E-state index is -4.57. The molecule has 0 aliphatic carbocycles. The molecule has 1 unspecified atom stereocenters. The average Bonchev–Trinajstić information content (AvgIpc) is 2.89. The first kappa shape index (κ1) is 28.3. The predicted molar refractivity (Wildman–Crippen MR) is 136 cm³/mol. The minimum Gasteiger partial charge on any atom is -0.383 e. The molecule has 1 heterocycles. The molecule has 0 fully saturated rings. The lowest BCUT2D eigenvalue weighted by Crippen LogP contribution is -2.39. The summed E-state index contributed by atoms with van der Waals surface area (Å²) in [6.45, 7) is 3.06. The number of para-hydroxylation sites is 1. The number of hydrogen-bond donors (Lipinski definition) is 1. The fraction of sp³-hybridized carbons (Fsp3) is 0.444. The Kier molecular flexibility index (Phi) is 9.82. The minimum absolute atomic E-state index is 0.0739. The van der Waals surface area contributed by atoms with Crippen LogP contribution in [0.15, 0.2) is 53.3 Å². The van der Waals surface area contributed by atoms with E-state index < -0.39 is 23.7 Å². The van der Waals surface area contributed by atoms with Gasteiger partial charge in [0.05, 0.1) is 35.7 Å². The molecule has 0 aliphatic heterocycles. The Morgan fingerprint density at radius 1 is 1.11 bits per heavy atom. The van der Waals surface area contributed by atoms with E-state index in [9.17, 15) is 22.8 Å². The Bertz CT molecular complexity index is 1260. The van der Waals surface area contributed by atoms with E-state index in [0.29, 0.717) is 29.7 Å². The smallest absolute Gasteiger partial charge is 0.383 e. The number of alkyl halides is 3. The lowest BCUT2D eigenvalue weighted by Gasteiger charge is -2.31. The lowest BCUT2D eigenvalue weighted by atomic mass is 10.1. The summed E-state index contributed by atoms with van der Waals surface area (Å²) in [6.07, 6.45) is -1.42. The first-order valence-corrected chi connectivity index (χ1v) is 12.4. The standard InChI is InChI=1S/C27H33F3N4O3/c1-19(24-32-23-13-6-5-12-22(23)26(36)34(24)16-17-37-2)33(15-8-4-3-7-14-31)25(35)20-10-9-11-21(18-20)27(28,29)30/h5-6,9-13,18-19H,3-4,7-8,14-17,31H2,1-2H3. The second kappa shape index (κ2) is 12.8. The maximum atomic E-state index is 13.6. The molecular formula is C27H33F3N4O3. The third kappa shape index (κ3) is 6.95. The SMILES string of the molecule is COCCn1c(C(C)N(CCCCCCN)C(=O)c2cccc(C(F)(F)F)c2)nc2ccccc2c1=O. The van der Waals surface area contributed by atoms with Crippen LogP contribution >= 0.6 is 0 Å². The maximum absolute atomic E-state index is 13.6. The van der Waals surface area contributed by atoms with E-state index >= 15 is 0 Å². The van der Waals surface area contributed by atoms with Crippen LogP contribution in [-0.4, -0.2) is 47.2 Å². The molecule has 0 saturated carbocycles. The van der Waals surface area contributed by atoms with Crippen LogP contribution in [0.25, 0.3) is 10.9 Å². The Hall–Kier alpha value is -3.24. The van der Waals surface area contributed by atoms with Crippen molar-refractivity contribution >= 4 is 16.8 Å². The summed E-state index contributed by atoms with van der Waals surface area (Å²) in [4.78, 5) is 33.2. The summed E-state index contributed by atoms with van der Waals surface area (Å²) < 4.78 is 46.7. The van der Waals surface area contributed by atoms with Crippen LogP contribution in [0.4, 0.5) is 13.2 Å². The van der Waals surface area contributed by atoms with Crippen LogP contribution in [0.5, 0.6) is 0 Å². The molecular weight excluding hydrogens is 485 g/mol.